The summed E-state index contributed by atoms with van der Waals surface area (Å²) in [6, 6.07) is 4.25. The Morgan fingerprint density at radius 2 is 2.06 bits per heavy atom. The van der Waals surface area contributed by atoms with E-state index in [1.54, 1.807) is 6.07 Å². The number of carbonyl (C=O) groups is 1. The number of esters is 1. The first-order valence-electron chi connectivity index (χ1n) is 4.93. The van der Waals surface area contributed by atoms with Gasteiger partial charge in [-0.3, -0.25) is 4.79 Å². The van der Waals surface area contributed by atoms with Gasteiger partial charge in [0.2, 0.25) is 0 Å². The zero-order valence-electron chi connectivity index (χ0n) is 9.38. The molecule has 0 N–H and O–H groups in total. The lowest BCUT2D eigenvalue weighted by Crippen LogP contribution is -2.18. The lowest BCUT2D eigenvalue weighted by atomic mass is 10.1. The summed E-state index contributed by atoms with van der Waals surface area (Å²) in [5, 5.41) is 0. The first-order valence-corrected chi connectivity index (χ1v) is 5.72. The van der Waals surface area contributed by atoms with Crippen molar-refractivity contribution in [2.45, 2.75) is 19.2 Å². The van der Waals surface area contributed by atoms with Gasteiger partial charge in [-0.1, -0.05) is 22.0 Å². The highest BCUT2D eigenvalue weighted by atomic mass is 79.9. The van der Waals surface area contributed by atoms with Gasteiger partial charge in [0, 0.05) is 10.9 Å². The number of carbonyl (C=O) groups excluding carboxylic acids is 1. The molecule has 0 aromatic heterocycles. The zero-order chi connectivity index (χ0) is 13.8. The fraction of sp³-hybridized carbons (Fsp3) is 0.364. The molecular formula is C11H10BrF3O3. The molecule has 0 atom stereocenters. The number of hydrogen-bond acceptors (Lipinski definition) is 3. The van der Waals surface area contributed by atoms with Gasteiger partial charge in [-0.2, -0.15) is 0 Å². The highest BCUT2D eigenvalue weighted by Crippen LogP contribution is 2.30. The molecule has 0 aliphatic rings. The van der Waals surface area contributed by atoms with E-state index in [0.29, 0.717) is 10.0 Å². The van der Waals surface area contributed by atoms with Crippen LogP contribution in [0.1, 0.15) is 12.0 Å². The molecule has 0 bridgehead atoms. The minimum atomic E-state index is -4.76. The van der Waals surface area contributed by atoms with Crippen LogP contribution in [0.4, 0.5) is 13.2 Å². The van der Waals surface area contributed by atoms with Crippen LogP contribution in [-0.4, -0.2) is 19.4 Å². The van der Waals surface area contributed by atoms with Gasteiger partial charge in [0.15, 0.2) is 0 Å². The van der Waals surface area contributed by atoms with E-state index >= 15 is 0 Å². The first kappa shape index (κ1) is 14.8. The maximum atomic E-state index is 12.2. The summed E-state index contributed by atoms with van der Waals surface area (Å²) in [5.74, 6) is -0.809. The van der Waals surface area contributed by atoms with Gasteiger partial charge >= 0.3 is 12.3 Å². The average Bonchev–Trinajstić information content (AvgIpc) is 2.25. The second kappa shape index (κ2) is 6.08. The van der Waals surface area contributed by atoms with E-state index in [0.717, 1.165) is 0 Å². The molecule has 100 valence electrons. The summed E-state index contributed by atoms with van der Waals surface area (Å²) >= 11 is 3.06. The first-order chi connectivity index (χ1) is 8.31. The SMILES string of the molecule is COC(=O)CCc1ccc(Br)cc1OC(F)(F)F. The third kappa shape index (κ3) is 4.95. The fourth-order valence-electron chi connectivity index (χ4n) is 1.29. The highest BCUT2D eigenvalue weighted by molar-refractivity contribution is 9.10. The van der Waals surface area contributed by atoms with Crippen LogP contribution in [0.2, 0.25) is 0 Å². The van der Waals surface area contributed by atoms with Crippen molar-refractivity contribution < 1.29 is 27.4 Å². The van der Waals surface area contributed by atoms with Crippen molar-refractivity contribution in [3.8, 4) is 5.75 Å². The van der Waals surface area contributed by atoms with Crippen LogP contribution in [-0.2, 0) is 16.0 Å². The van der Waals surface area contributed by atoms with Crippen LogP contribution >= 0.6 is 15.9 Å². The average molecular weight is 327 g/mol. The van der Waals surface area contributed by atoms with E-state index in [1.807, 2.05) is 0 Å². The van der Waals surface area contributed by atoms with Crippen LogP contribution in [0.25, 0.3) is 0 Å². The third-order valence-electron chi connectivity index (χ3n) is 2.08. The number of aryl methyl sites for hydroxylation is 1. The Labute approximate surface area is 110 Å². The van der Waals surface area contributed by atoms with Gasteiger partial charge < -0.3 is 9.47 Å². The Kier molecular flexibility index (Phi) is 5.01. The van der Waals surface area contributed by atoms with Crippen molar-refractivity contribution >= 4 is 21.9 Å². The molecule has 0 amide bonds. The van der Waals surface area contributed by atoms with Crippen molar-refractivity contribution in [2.24, 2.45) is 0 Å². The summed E-state index contributed by atoms with van der Waals surface area (Å²) in [4.78, 5) is 11.0. The Morgan fingerprint density at radius 1 is 1.39 bits per heavy atom. The third-order valence-corrected chi connectivity index (χ3v) is 2.57. The van der Waals surface area contributed by atoms with E-state index in [9.17, 15) is 18.0 Å². The minimum absolute atomic E-state index is 0.00759. The van der Waals surface area contributed by atoms with Crippen LogP contribution in [0.5, 0.6) is 5.75 Å². The number of halogens is 4. The van der Waals surface area contributed by atoms with E-state index in [1.165, 1.54) is 19.2 Å². The molecule has 1 aromatic rings. The van der Waals surface area contributed by atoms with Crippen LogP contribution < -0.4 is 4.74 Å². The Morgan fingerprint density at radius 3 is 2.61 bits per heavy atom. The number of alkyl halides is 3. The summed E-state index contributed by atoms with van der Waals surface area (Å²) in [5.41, 5.74) is 0.293. The molecule has 0 saturated heterocycles. The summed E-state index contributed by atoms with van der Waals surface area (Å²) in [7, 11) is 1.22. The van der Waals surface area contributed by atoms with Crippen LogP contribution in [0.15, 0.2) is 22.7 Å². The molecule has 0 fully saturated rings. The molecule has 1 rings (SSSR count). The Bertz CT molecular complexity index is 432. The Hall–Kier alpha value is -1.24. The minimum Gasteiger partial charge on any atom is -0.469 e. The highest BCUT2D eigenvalue weighted by Gasteiger charge is 2.32. The van der Waals surface area contributed by atoms with Crippen molar-refractivity contribution in [3.63, 3.8) is 0 Å². The predicted octanol–water partition coefficient (Wildman–Crippen LogP) is 3.45. The molecule has 0 spiro atoms. The lowest BCUT2D eigenvalue weighted by Gasteiger charge is -2.13. The zero-order valence-corrected chi connectivity index (χ0v) is 11.0. The van der Waals surface area contributed by atoms with Crippen molar-refractivity contribution in [1.82, 2.24) is 0 Å². The van der Waals surface area contributed by atoms with Crippen LogP contribution in [0.3, 0.4) is 0 Å². The molecular weight excluding hydrogens is 317 g/mol. The molecule has 0 unspecified atom stereocenters. The predicted molar refractivity (Wildman–Crippen MR) is 61.2 cm³/mol. The van der Waals surface area contributed by atoms with Gasteiger partial charge in [0.1, 0.15) is 5.75 Å². The van der Waals surface area contributed by atoms with E-state index in [-0.39, 0.29) is 18.6 Å². The summed E-state index contributed by atoms with van der Waals surface area (Å²) < 4.78 is 45.4. The number of hydrogen-bond donors (Lipinski definition) is 0. The standard InChI is InChI=1S/C11H10BrF3O3/c1-17-10(16)5-3-7-2-4-8(12)6-9(7)18-11(13,14)15/h2,4,6H,3,5H2,1H3. The maximum Gasteiger partial charge on any atom is 0.573 e. The monoisotopic (exact) mass is 326 g/mol. The quantitative estimate of drug-likeness (QED) is 0.795. The molecule has 0 heterocycles. The maximum absolute atomic E-state index is 12.2. The Balaban J connectivity index is 2.86. The van der Waals surface area contributed by atoms with E-state index < -0.39 is 12.3 Å². The summed E-state index contributed by atoms with van der Waals surface area (Å²) in [6.45, 7) is 0. The van der Waals surface area contributed by atoms with E-state index in [2.05, 4.69) is 25.4 Å². The molecule has 18 heavy (non-hydrogen) atoms. The molecule has 0 aliphatic carbocycles. The van der Waals surface area contributed by atoms with E-state index in [4.69, 9.17) is 0 Å². The normalized spacial score (nSPS) is 11.2. The number of methoxy groups -OCH3 is 1. The second-order valence-electron chi connectivity index (χ2n) is 3.38. The second-order valence-corrected chi connectivity index (χ2v) is 4.29. The number of ether oxygens (including phenoxy) is 2. The van der Waals surface area contributed by atoms with Gasteiger partial charge in [-0.25, -0.2) is 0 Å². The van der Waals surface area contributed by atoms with Crippen molar-refractivity contribution in [1.29, 1.82) is 0 Å². The smallest absolute Gasteiger partial charge is 0.469 e. The van der Waals surface area contributed by atoms with Crippen molar-refractivity contribution in [3.05, 3.63) is 28.2 Å². The molecule has 1 aromatic carbocycles. The van der Waals surface area contributed by atoms with Gasteiger partial charge in [-0.05, 0) is 24.1 Å². The molecule has 0 saturated carbocycles. The van der Waals surface area contributed by atoms with Gasteiger partial charge in [-0.15, -0.1) is 13.2 Å². The summed E-state index contributed by atoms with van der Waals surface area (Å²) in [6.07, 6.45) is -4.65. The van der Waals surface area contributed by atoms with Crippen LogP contribution in [0, 0.1) is 0 Å². The number of rotatable bonds is 4. The van der Waals surface area contributed by atoms with Gasteiger partial charge in [0.05, 0.1) is 7.11 Å². The molecule has 0 aliphatic heterocycles. The molecule has 3 nitrogen and oxygen atoms in total. The molecule has 7 heteroatoms. The molecule has 0 radical (unpaired) electrons. The topological polar surface area (TPSA) is 35.5 Å². The fourth-order valence-corrected chi connectivity index (χ4v) is 1.63. The van der Waals surface area contributed by atoms with Crippen molar-refractivity contribution in [2.75, 3.05) is 7.11 Å². The number of benzene rings is 1. The lowest BCUT2D eigenvalue weighted by molar-refractivity contribution is -0.274. The van der Waals surface area contributed by atoms with Gasteiger partial charge in [0.25, 0.3) is 0 Å². The largest absolute Gasteiger partial charge is 0.573 e.